The van der Waals surface area contributed by atoms with Crippen LogP contribution in [0.15, 0.2) is 12.3 Å². The number of hydrogen-bond acceptors (Lipinski definition) is 6. The van der Waals surface area contributed by atoms with Crippen molar-refractivity contribution in [3.05, 3.63) is 27.9 Å². The van der Waals surface area contributed by atoms with Crippen molar-refractivity contribution in [3.8, 4) is 0 Å². The van der Waals surface area contributed by atoms with E-state index in [0.717, 1.165) is 0 Å². The van der Waals surface area contributed by atoms with Crippen molar-refractivity contribution in [2.24, 2.45) is 0 Å². The van der Waals surface area contributed by atoms with Crippen molar-refractivity contribution >= 4 is 17.5 Å². The molecule has 1 aromatic rings. The van der Waals surface area contributed by atoms with E-state index in [1.807, 2.05) is 0 Å². The molecule has 0 spiro atoms. The molecule has 0 saturated carbocycles. The maximum atomic E-state index is 11.1. The number of carboxylic acid groups (broad SMARTS) is 1. The van der Waals surface area contributed by atoms with Crippen molar-refractivity contribution in [3.63, 3.8) is 0 Å². The molecule has 1 unspecified atom stereocenters. The molecule has 1 aromatic heterocycles. The van der Waals surface area contributed by atoms with Crippen LogP contribution in [0.2, 0.25) is 0 Å². The van der Waals surface area contributed by atoms with E-state index in [4.69, 9.17) is 9.84 Å². The highest BCUT2D eigenvalue weighted by Crippen LogP contribution is 2.24. The van der Waals surface area contributed by atoms with Gasteiger partial charge in [-0.1, -0.05) is 0 Å². The highest BCUT2D eigenvalue weighted by molar-refractivity contribution is 5.78. The van der Waals surface area contributed by atoms with Crippen LogP contribution in [0, 0.1) is 17.0 Å². The number of anilines is 1. The van der Waals surface area contributed by atoms with Crippen LogP contribution in [0.4, 0.5) is 11.5 Å². The number of nitrogens with zero attached hydrogens (tertiary/aromatic N) is 3. The van der Waals surface area contributed by atoms with Gasteiger partial charge in [-0.2, -0.15) is 0 Å². The van der Waals surface area contributed by atoms with Gasteiger partial charge in [0.2, 0.25) is 0 Å². The first kappa shape index (κ1) is 13.2. The monoisotopic (exact) mass is 267 g/mol. The van der Waals surface area contributed by atoms with Gasteiger partial charge in [0.25, 0.3) is 5.69 Å². The lowest BCUT2D eigenvalue weighted by Crippen LogP contribution is -2.50. The van der Waals surface area contributed by atoms with Gasteiger partial charge in [-0.15, -0.1) is 0 Å². The molecule has 102 valence electrons. The van der Waals surface area contributed by atoms with Gasteiger partial charge in [0, 0.05) is 18.3 Å². The largest absolute Gasteiger partial charge is 0.480 e. The molecular formula is C11H13N3O5. The number of aliphatic carboxylic acids is 1. The third kappa shape index (κ3) is 2.63. The third-order valence-electron chi connectivity index (χ3n) is 2.96. The second-order valence-corrected chi connectivity index (χ2v) is 4.21. The molecule has 0 aromatic carbocycles. The molecular weight excluding hydrogens is 254 g/mol. The Morgan fingerprint density at radius 3 is 3.05 bits per heavy atom. The van der Waals surface area contributed by atoms with Crippen LogP contribution in [-0.4, -0.2) is 46.8 Å². The number of carboxylic acids is 1. The zero-order valence-electron chi connectivity index (χ0n) is 10.3. The summed E-state index contributed by atoms with van der Waals surface area (Å²) in [4.78, 5) is 27.1. The number of ether oxygens (including phenoxy) is 1. The van der Waals surface area contributed by atoms with E-state index in [1.54, 1.807) is 6.92 Å². The Bertz CT molecular complexity index is 519. The Morgan fingerprint density at radius 2 is 2.42 bits per heavy atom. The number of carbonyl (C=O) groups is 1. The van der Waals surface area contributed by atoms with Crippen LogP contribution in [0.5, 0.6) is 0 Å². The van der Waals surface area contributed by atoms with Gasteiger partial charge in [-0.25, -0.2) is 9.78 Å². The van der Waals surface area contributed by atoms with E-state index in [2.05, 4.69) is 4.98 Å². The van der Waals surface area contributed by atoms with Crippen molar-refractivity contribution in [2.45, 2.75) is 13.0 Å². The molecule has 0 bridgehead atoms. The molecule has 2 rings (SSSR count). The summed E-state index contributed by atoms with van der Waals surface area (Å²) in [6.45, 7) is 2.33. The number of morpholine rings is 1. The Labute approximate surface area is 108 Å². The lowest BCUT2D eigenvalue weighted by Gasteiger charge is -2.33. The highest BCUT2D eigenvalue weighted by atomic mass is 16.6. The van der Waals surface area contributed by atoms with Crippen molar-refractivity contribution in [1.82, 2.24) is 4.98 Å². The summed E-state index contributed by atoms with van der Waals surface area (Å²) in [7, 11) is 0. The van der Waals surface area contributed by atoms with Gasteiger partial charge in [-0.05, 0) is 6.92 Å². The summed E-state index contributed by atoms with van der Waals surface area (Å²) in [5.74, 6) is -0.752. The summed E-state index contributed by atoms with van der Waals surface area (Å²) in [6, 6.07) is 0.430. The number of aromatic nitrogens is 1. The minimum Gasteiger partial charge on any atom is -0.480 e. The highest BCUT2D eigenvalue weighted by Gasteiger charge is 2.31. The quantitative estimate of drug-likeness (QED) is 0.630. The molecule has 0 amide bonds. The zero-order valence-corrected chi connectivity index (χ0v) is 10.3. The maximum Gasteiger partial charge on any atom is 0.328 e. The normalized spacial score (nSPS) is 19.2. The minimum absolute atomic E-state index is 0.0404. The Morgan fingerprint density at radius 1 is 1.68 bits per heavy atom. The topological polar surface area (TPSA) is 106 Å². The fraction of sp³-hybridized carbons (Fsp3) is 0.455. The summed E-state index contributed by atoms with van der Waals surface area (Å²) in [6.07, 6.45) is 1.38. The first-order chi connectivity index (χ1) is 9.00. The molecule has 1 aliphatic heterocycles. The second-order valence-electron chi connectivity index (χ2n) is 4.21. The average molecular weight is 267 g/mol. The fourth-order valence-electron chi connectivity index (χ4n) is 1.94. The van der Waals surface area contributed by atoms with Gasteiger partial charge >= 0.3 is 5.97 Å². The van der Waals surface area contributed by atoms with E-state index in [-0.39, 0.29) is 18.1 Å². The zero-order chi connectivity index (χ0) is 14.0. The van der Waals surface area contributed by atoms with E-state index < -0.39 is 16.9 Å². The lowest BCUT2D eigenvalue weighted by molar-refractivity contribution is -0.385. The predicted molar refractivity (Wildman–Crippen MR) is 65.2 cm³/mol. The summed E-state index contributed by atoms with van der Waals surface area (Å²) in [5, 5.41) is 20.0. The van der Waals surface area contributed by atoms with Crippen LogP contribution in [0.1, 0.15) is 5.56 Å². The van der Waals surface area contributed by atoms with Crippen LogP contribution in [0.25, 0.3) is 0 Å². The first-order valence-corrected chi connectivity index (χ1v) is 5.69. The second kappa shape index (κ2) is 5.19. The molecule has 0 radical (unpaired) electrons. The van der Waals surface area contributed by atoms with Crippen molar-refractivity contribution < 1.29 is 19.6 Å². The van der Waals surface area contributed by atoms with Gasteiger partial charge in [0.1, 0.15) is 5.82 Å². The Balaban J connectivity index is 2.36. The number of rotatable bonds is 3. The van der Waals surface area contributed by atoms with Crippen molar-refractivity contribution in [1.29, 1.82) is 0 Å². The van der Waals surface area contributed by atoms with E-state index in [1.165, 1.54) is 17.2 Å². The van der Waals surface area contributed by atoms with Gasteiger partial charge in [0.05, 0.1) is 24.2 Å². The molecule has 1 saturated heterocycles. The molecule has 8 heteroatoms. The predicted octanol–water partition coefficient (Wildman–Crippen LogP) is 0.588. The smallest absolute Gasteiger partial charge is 0.328 e. The number of hydrogen-bond donors (Lipinski definition) is 1. The Kier molecular flexibility index (Phi) is 3.61. The molecule has 19 heavy (non-hydrogen) atoms. The van der Waals surface area contributed by atoms with Gasteiger partial charge < -0.3 is 14.7 Å². The SMILES string of the molecule is Cc1cnc(N2CCOCC2C(=O)O)cc1[N+](=O)[O-]. The van der Waals surface area contributed by atoms with Crippen LogP contribution in [-0.2, 0) is 9.53 Å². The first-order valence-electron chi connectivity index (χ1n) is 5.69. The summed E-state index contributed by atoms with van der Waals surface area (Å²) in [5.41, 5.74) is 0.370. The molecule has 1 atom stereocenters. The van der Waals surface area contributed by atoms with Gasteiger partial charge in [0.15, 0.2) is 6.04 Å². The third-order valence-corrected chi connectivity index (χ3v) is 2.96. The molecule has 1 aliphatic rings. The maximum absolute atomic E-state index is 11.1. The van der Waals surface area contributed by atoms with Crippen LogP contribution < -0.4 is 4.90 Å². The molecule has 0 aliphatic carbocycles. The summed E-state index contributed by atoms with van der Waals surface area (Å²) < 4.78 is 5.11. The molecule has 1 fully saturated rings. The number of aryl methyl sites for hydroxylation is 1. The average Bonchev–Trinajstić information content (AvgIpc) is 2.39. The van der Waals surface area contributed by atoms with Crippen LogP contribution >= 0.6 is 0 Å². The van der Waals surface area contributed by atoms with Crippen molar-refractivity contribution in [2.75, 3.05) is 24.7 Å². The molecule has 8 nitrogen and oxygen atoms in total. The number of pyridine rings is 1. The lowest BCUT2D eigenvalue weighted by atomic mass is 10.2. The molecule has 2 heterocycles. The molecule has 1 N–H and O–H groups in total. The fourth-order valence-corrected chi connectivity index (χ4v) is 1.94. The number of nitro groups is 1. The van der Waals surface area contributed by atoms with E-state index >= 15 is 0 Å². The Hall–Kier alpha value is -2.22. The van der Waals surface area contributed by atoms with Gasteiger partial charge in [-0.3, -0.25) is 10.1 Å². The standard InChI is InChI=1S/C11H13N3O5/c1-7-5-12-10(4-8(7)14(17)18)13-2-3-19-6-9(13)11(15)16/h4-5,9H,2-3,6H2,1H3,(H,15,16). The van der Waals surface area contributed by atoms with Crippen LogP contribution in [0.3, 0.4) is 0 Å². The van der Waals surface area contributed by atoms with E-state index in [9.17, 15) is 14.9 Å². The summed E-state index contributed by atoms with van der Waals surface area (Å²) >= 11 is 0. The minimum atomic E-state index is -1.04. The van der Waals surface area contributed by atoms with E-state index in [0.29, 0.717) is 18.7 Å².